The second-order valence-electron chi connectivity index (χ2n) is 8.29. The number of aryl methyl sites for hydroxylation is 2. The van der Waals surface area contributed by atoms with Crippen LogP contribution in [0.2, 0.25) is 0 Å². The van der Waals surface area contributed by atoms with Crippen LogP contribution in [0.3, 0.4) is 0 Å². The summed E-state index contributed by atoms with van der Waals surface area (Å²) in [4.78, 5) is 38.2. The van der Waals surface area contributed by atoms with Gasteiger partial charge < -0.3 is 19.9 Å². The summed E-state index contributed by atoms with van der Waals surface area (Å²) in [5.74, 6) is -0.416. The summed E-state index contributed by atoms with van der Waals surface area (Å²) >= 11 is 0. The molecule has 0 radical (unpaired) electrons. The molecule has 4 rings (SSSR count). The average Bonchev–Trinajstić information content (AvgIpc) is 3.35. The average molecular weight is 438 g/mol. The van der Waals surface area contributed by atoms with Gasteiger partial charge >= 0.3 is 12.0 Å². The molecule has 0 spiro atoms. The van der Waals surface area contributed by atoms with E-state index in [2.05, 4.69) is 10.1 Å². The molecule has 2 aromatic rings. The Balaban J connectivity index is 1.38. The molecular weight excluding hydrogens is 412 g/mol. The van der Waals surface area contributed by atoms with Crippen molar-refractivity contribution in [3.63, 3.8) is 0 Å². The smallest absolute Gasteiger partial charge is 0.337 e. The van der Waals surface area contributed by atoms with E-state index in [4.69, 9.17) is 4.74 Å². The first-order valence-electron chi connectivity index (χ1n) is 10.6. The number of hydrogen-bond donors (Lipinski definition) is 2. The van der Waals surface area contributed by atoms with Crippen LogP contribution in [-0.4, -0.2) is 54.3 Å². The summed E-state index contributed by atoms with van der Waals surface area (Å²) in [6.45, 7) is 1.38. The van der Waals surface area contributed by atoms with Gasteiger partial charge in [-0.15, -0.1) is 0 Å². The van der Waals surface area contributed by atoms with Gasteiger partial charge in [-0.25, -0.2) is 9.59 Å². The van der Waals surface area contributed by atoms with Crippen molar-refractivity contribution in [2.24, 2.45) is 0 Å². The number of esters is 1. The molecule has 2 N–H and O–H groups in total. The second kappa shape index (κ2) is 8.63. The Hall–Kier alpha value is -3.39. The van der Waals surface area contributed by atoms with Gasteiger partial charge in [0.1, 0.15) is 24.0 Å². The van der Waals surface area contributed by atoms with Crippen molar-refractivity contribution >= 4 is 17.9 Å². The predicted octanol–water partition coefficient (Wildman–Crippen LogP) is 2.17. The van der Waals surface area contributed by atoms with Crippen molar-refractivity contribution in [2.45, 2.75) is 37.8 Å². The molecule has 0 saturated carbocycles. The normalized spacial score (nSPS) is 20.7. The van der Waals surface area contributed by atoms with Crippen molar-refractivity contribution in [3.8, 4) is 5.75 Å². The zero-order valence-corrected chi connectivity index (χ0v) is 18.1. The highest BCUT2D eigenvalue weighted by atomic mass is 16.5. The van der Waals surface area contributed by atoms with Gasteiger partial charge in [-0.2, -0.15) is 0 Å². The number of hydrogen-bond acceptors (Lipinski definition) is 6. The molecule has 2 atom stereocenters. The largest absolute Gasteiger partial charge is 0.491 e. The molecule has 8 nitrogen and oxygen atoms in total. The van der Waals surface area contributed by atoms with Crippen molar-refractivity contribution < 1.29 is 29.0 Å². The summed E-state index contributed by atoms with van der Waals surface area (Å²) < 4.78 is 10.2. The number of methoxy groups -OCH3 is 1. The number of fused-ring (bicyclic) bond motifs is 1. The molecule has 1 aliphatic heterocycles. The van der Waals surface area contributed by atoms with Crippen molar-refractivity contribution in [1.82, 2.24) is 10.2 Å². The highest BCUT2D eigenvalue weighted by Gasteiger charge is 2.49. The van der Waals surface area contributed by atoms with Gasteiger partial charge in [-0.1, -0.05) is 18.2 Å². The quantitative estimate of drug-likeness (QED) is 0.507. The third kappa shape index (κ3) is 4.05. The molecule has 1 saturated heterocycles. The SMILES string of the molecule is COC(=O)c1ccc(OCC(O)CN2C(=O)NC(C)(c3ccc4c(c3)CCC4)C2=O)cc1. The van der Waals surface area contributed by atoms with E-state index < -0.39 is 29.6 Å². The Morgan fingerprint density at radius 3 is 2.59 bits per heavy atom. The van der Waals surface area contributed by atoms with Crippen LogP contribution in [-0.2, 0) is 27.9 Å². The van der Waals surface area contributed by atoms with Gasteiger partial charge in [0.15, 0.2) is 0 Å². The lowest BCUT2D eigenvalue weighted by molar-refractivity contribution is -0.132. The summed E-state index contributed by atoms with van der Waals surface area (Å²) in [7, 11) is 1.30. The van der Waals surface area contributed by atoms with Crippen molar-refractivity contribution in [1.29, 1.82) is 0 Å². The summed E-state index contributed by atoms with van der Waals surface area (Å²) in [6.07, 6.45) is 2.03. The fraction of sp³-hybridized carbons (Fsp3) is 0.375. The lowest BCUT2D eigenvalue weighted by Crippen LogP contribution is -2.42. The minimum Gasteiger partial charge on any atom is -0.491 e. The number of carbonyl (C=O) groups excluding carboxylic acids is 3. The first-order chi connectivity index (χ1) is 15.3. The Morgan fingerprint density at radius 1 is 1.16 bits per heavy atom. The summed E-state index contributed by atoms with van der Waals surface area (Å²) in [5, 5.41) is 13.2. The maximum absolute atomic E-state index is 13.1. The van der Waals surface area contributed by atoms with E-state index in [1.54, 1.807) is 31.2 Å². The molecule has 1 aliphatic carbocycles. The number of nitrogens with one attached hydrogen (secondary N) is 1. The number of amides is 3. The van der Waals surface area contributed by atoms with Gasteiger partial charge in [0.2, 0.25) is 0 Å². The number of imide groups is 1. The number of aliphatic hydroxyl groups is 1. The molecule has 0 bridgehead atoms. The van der Waals surface area contributed by atoms with E-state index >= 15 is 0 Å². The molecule has 0 aromatic heterocycles. The molecule has 8 heteroatoms. The second-order valence-corrected chi connectivity index (χ2v) is 8.29. The van der Waals surface area contributed by atoms with E-state index in [1.165, 1.54) is 18.2 Å². The van der Waals surface area contributed by atoms with E-state index in [1.807, 2.05) is 18.2 Å². The number of β-amino-alcohol motifs (C(OH)–C–C–N with tert-alkyl or cyclic N) is 1. The molecular formula is C24H26N2O6. The fourth-order valence-corrected chi connectivity index (χ4v) is 4.20. The minimum absolute atomic E-state index is 0.121. The van der Waals surface area contributed by atoms with Crippen LogP contribution in [0.25, 0.3) is 0 Å². The molecule has 1 heterocycles. The first-order valence-corrected chi connectivity index (χ1v) is 10.6. The van der Waals surface area contributed by atoms with Gasteiger partial charge in [-0.3, -0.25) is 9.69 Å². The topological polar surface area (TPSA) is 105 Å². The van der Waals surface area contributed by atoms with Crippen molar-refractivity contribution in [2.75, 3.05) is 20.3 Å². The number of aliphatic hydroxyl groups excluding tert-OH is 1. The number of ether oxygens (including phenoxy) is 2. The van der Waals surface area contributed by atoms with Crippen molar-refractivity contribution in [3.05, 3.63) is 64.7 Å². The highest BCUT2D eigenvalue weighted by Crippen LogP contribution is 2.32. The van der Waals surface area contributed by atoms with E-state index in [0.717, 1.165) is 29.7 Å². The number of benzene rings is 2. The highest BCUT2D eigenvalue weighted by molar-refractivity contribution is 6.07. The molecule has 1 fully saturated rings. The van der Waals surface area contributed by atoms with Gasteiger partial charge in [0, 0.05) is 0 Å². The molecule has 168 valence electrons. The molecule has 2 aliphatic rings. The van der Waals surface area contributed by atoms with Crippen LogP contribution in [0.4, 0.5) is 4.79 Å². The van der Waals surface area contributed by atoms with Crippen LogP contribution >= 0.6 is 0 Å². The number of nitrogens with zero attached hydrogens (tertiary/aromatic N) is 1. The maximum Gasteiger partial charge on any atom is 0.337 e. The van der Waals surface area contributed by atoms with E-state index in [-0.39, 0.29) is 13.2 Å². The zero-order valence-electron chi connectivity index (χ0n) is 18.1. The molecule has 2 unspecified atom stereocenters. The lowest BCUT2D eigenvalue weighted by atomic mass is 9.89. The predicted molar refractivity (Wildman–Crippen MR) is 115 cm³/mol. The summed E-state index contributed by atoms with van der Waals surface area (Å²) in [5.41, 5.74) is 2.47. The number of urea groups is 1. The third-order valence-corrected chi connectivity index (χ3v) is 6.06. The van der Waals surface area contributed by atoms with E-state index in [9.17, 15) is 19.5 Å². The molecule has 2 aromatic carbocycles. The third-order valence-electron chi connectivity index (χ3n) is 6.06. The Morgan fingerprint density at radius 2 is 1.88 bits per heavy atom. The molecule has 3 amide bonds. The maximum atomic E-state index is 13.1. The first kappa shape index (κ1) is 21.8. The van der Waals surface area contributed by atoms with Crippen LogP contribution < -0.4 is 10.1 Å². The number of rotatable bonds is 7. The van der Waals surface area contributed by atoms with Gasteiger partial charge in [0.05, 0.1) is 19.2 Å². The zero-order chi connectivity index (χ0) is 22.9. The lowest BCUT2D eigenvalue weighted by Gasteiger charge is -2.24. The van der Waals surface area contributed by atoms with Crippen LogP contribution in [0.5, 0.6) is 5.75 Å². The van der Waals surface area contributed by atoms with Gasteiger partial charge in [-0.05, 0) is 67.1 Å². The summed E-state index contributed by atoms with van der Waals surface area (Å²) in [6, 6.07) is 11.6. The van der Waals surface area contributed by atoms with Gasteiger partial charge in [0.25, 0.3) is 5.91 Å². The van der Waals surface area contributed by atoms with E-state index in [0.29, 0.717) is 11.3 Å². The number of carbonyl (C=O) groups is 3. The Kier molecular flexibility index (Phi) is 5.88. The monoisotopic (exact) mass is 438 g/mol. The Bertz CT molecular complexity index is 1050. The standard InChI is InChI=1S/C24H26N2O6/c1-24(18-9-6-15-4-3-5-17(15)12-18)22(29)26(23(30)25-24)13-19(27)14-32-20-10-7-16(8-11-20)21(28)31-2/h6-12,19,27H,3-5,13-14H2,1-2H3,(H,25,30). The van der Waals surface area contributed by atoms with Crippen LogP contribution in [0, 0.1) is 0 Å². The Labute approximate surface area is 186 Å². The minimum atomic E-state index is -1.17. The molecule has 32 heavy (non-hydrogen) atoms. The van der Waals surface area contributed by atoms with Crippen LogP contribution in [0.15, 0.2) is 42.5 Å². The fourth-order valence-electron chi connectivity index (χ4n) is 4.20. The van der Waals surface area contributed by atoms with Crippen LogP contribution in [0.1, 0.15) is 40.4 Å².